The molecule has 0 amide bonds. The van der Waals surface area contributed by atoms with Gasteiger partial charge in [0, 0.05) is 11.5 Å². The Hall–Kier alpha value is -1.44. The number of hydrogen-bond acceptors (Lipinski definition) is 3. The van der Waals surface area contributed by atoms with Crippen molar-refractivity contribution in [1.82, 2.24) is 0 Å². The maximum absolute atomic E-state index is 13.8. The third kappa shape index (κ3) is 5.78. The number of nitriles is 1. The summed E-state index contributed by atoms with van der Waals surface area (Å²) in [7, 11) is 0. The van der Waals surface area contributed by atoms with Gasteiger partial charge in [0.2, 0.25) is 0 Å². The van der Waals surface area contributed by atoms with E-state index in [4.69, 9.17) is 14.7 Å². The van der Waals surface area contributed by atoms with E-state index in [1.54, 1.807) is 6.07 Å². The summed E-state index contributed by atoms with van der Waals surface area (Å²) in [6.45, 7) is 3.63. The lowest BCUT2D eigenvalue weighted by atomic mass is 9.74. The van der Waals surface area contributed by atoms with Crippen LogP contribution in [0, 0.1) is 34.9 Å². The average Bonchev–Trinajstić information content (AvgIpc) is 2.74. The lowest BCUT2D eigenvalue weighted by Crippen LogP contribution is -2.34. The van der Waals surface area contributed by atoms with Crippen LogP contribution in [0.3, 0.4) is 0 Å². The van der Waals surface area contributed by atoms with Gasteiger partial charge in [-0.15, -0.1) is 0 Å². The smallest absolute Gasteiger partial charge is 0.183 e. The van der Waals surface area contributed by atoms with Crippen molar-refractivity contribution in [2.75, 3.05) is 13.2 Å². The fourth-order valence-electron chi connectivity index (χ4n) is 4.74. The minimum absolute atomic E-state index is 0.0551. The average molecular weight is 388 g/mol. The molecule has 1 aliphatic heterocycles. The van der Waals surface area contributed by atoms with Crippen LogP contribution in [0.15, 0.2) is 18.2 Å². The van der Waals surface area contributed by atoms with Gasteiger partial charge in [0.05, 0.1) is 18.8 Å². The van der Waals surface area contributed by atoms with E-state index in [1.807, 2.05) is 6.07 Å². The Morgan fingerprint density at radius 1 is 1.00 bits per heavy atom. The maximum Gasteiger partial charge on any atom is 0.183 e. The molecular weight excluding hydrogens is 353 g/mol. The topological polar surface area (TPSA) is 42.2 Å². The maximum atomic E-state index is 13.8. The van der Waals surface area contributed by atoms with Gasteiger partial charge in [-0.05, 0) is 36.8 Å². The molecule has 0 unspecified atom stereocenters. The van der Waals surface area contributed by atoms with Crippen molar-refractivity contribution in [2.45, 2.75) is 77.4 Å². The van der Waals surface area contributed by atoms with Crippen molar-refractivity contribution in [3.05, 3.63) is 35.1 Å². The standard InChI is InChI=1S/C24H34FNO2/c1-2-3-4-5-6-7-18-8-10-19(11-9-18)22-16-27-24(28-17-22)20-12-13-21(15-26)23(25)14-20/h12-14,18-19,22,24H,2-11,16-17H2,1H3/t18?,19?,22-,24-. The van der Waals surface area contributed by atoms with Crippen molar-refractivity contribution < 1.29 is 13.9 Å². The second-order valence-corrected chi connectivity index (χ2v) is 8.59. The van der Waals surface area contributed by atoms with Crippen molar-refractivity contribution in [3.63, 3.8) is 0 Å². The van der Waals surface area contributed by atoms with Gasteiger partial charge in [-0.1, -0.05) is 64.4 Å². The van der Waals surface area contributed by atoms with Crippen molar-refractivity contribution in [1.29, 1.82) is 5.26 Å². The summed E-state index contributed by atoms with van der Waals surface area (Å²) in [6.07, 6.45) is 13.0. The third-order valence-electron chi connectivity index (χ3n) is 6.58. The zero-order chi connectivity index (χ0) is 19.8. The van der Waals surface area contributed by atoms with Crippen LogP contribution in [-0.4, -0.2) is 13.2 Å². The largest absolute Gasteiger partial charge is 0.348 e. The second-order valence-electron chi connectivity index (χ2n) is 8.59. The van der Waals surface area contributed by atoms with Gasteiger partial charge in [-0.2, -0.15) is 5.26 Å². The molecule has 2 aliphatic rings. The van der Waals surface area contributed by atoms with E-state index in [1.165, 1.54) is 76.3 Å². The first-order chi connectivity index (χ1) is 13.7. The van der Waals surface area contributed by atoms with E-state index >= 15 is 0 Å². The molecule has 1 aromatic rings. The van der Waals surface area contributed by atoms with Gasteiger partial charge in [0.1, 0.15) is 11.9 Å². The zero-order valence-corrected chi connectivity index (χ0v) is 17.2. The molecule has 1 heterocycles. The number of nitrogens with zero attached hydrogens (tertiary/aromatic N) is 1. The number of rotatable bonds is 8. The molecule has 28 heavy (non-hydrogen) atoms. The zero-order valence-electron chi connectivity index (χ0n) is 17.2. The van der Waals surface area contributed by atoms with E-state index in [2.05, 4.69) is 6.92 Å². The summed E-state index contributed by atoms with van der Waals surface area (Å²) in [4.78, 5) is 0. The van der Waals surface area contributed by atoms with Gasteiger partial charge in [0.15, 0.2) is 6.29 Å². The van der Waals surface area contributed by atoms with Gasteiger partial charge < -0.3 is 9.47 Å². The quantitative estimate of drug-likeness (QED) is 0.476. The molecule has 4 heteroatoms. The molecular formula is C24H34FNO2. The molecule has 1 aromatic carbocycles. The molecule has 0 aromatic heterocycles. The first kappa shape index (κ1) is 21.3. The van der Waals surface area contributed by atoms with Gasteiger partial charge >= 0.3 is 0 Å². The lowest BCUT2D eigenvalue weighted by molar-refractivity contribution is -0.214. The monoisotopic (exact) mass is 387 g/mol. The Balaban J connectivity index is 1.38. The van der Waals surface area contributed by atoms with Crippen LogP contribution in [0.2, 0.25) is 0 Å². The Morgan fingerprint density at radius 3 is 2.36 bits per heavy atom. The fraction of sp³-hybridized carbons (Fsp3) is 0.708. The number of unbranched alkanes of at least 4 members (excludes halogenated alkanes) is 4. The van der Waals surface area contributed by atoms with Crippen LogP contribution in [-0.2, 0) is 9.47 Å². The molecule has 0 atom stereocenters. The highest BCUT2D eigenvalue weighted by Crippen LogP contribution is 2.38. The summed E-state index contributed by atoms with van der Waals surface area (Å²) in [5.41, 5.74) is 0.710. The van der Waals surface area contributed by atoms with E-state index in [0.29, 0.717) is 30.6 Å². The molecule has 0 spiro atoms. The predicted molar refractivity (Wildman–Crippen MR) is 108 cm³/mol. The first-order valence-corrected chi connectivity index (χ1v) is 11.1. The second kappa shape index (κ2) is 10.9. The Bertz CT molecular complexity index is 640. The van der Waals surface area contributed by atoms with Gasteiger partial charge in [0.25, 0.3) is 0 Å². The van der Waals surface area contributed by atoms with E-state index in [0.717, 1.165) is 5.92 Å². The minimum atomic E-state index is -0.516. The molecule has 2 fully saturated rings. The Kier molecular flexibility index (Phi) is 8.30. The fourth-order valence-corrected chi connectivity index (χ4v) is 4.74. The molecule has 154 valence electrons. The number of halogens is 1. The van der Waals surface area contributed by atoms with Crippen LogP contribution in [0.5, 0.6) is 0 Å². The minimum Gasteiger partial charge on any atom is -0.348 e. The molecule has 0 N–H and O–H groups in total. The lowest BCUT2D eigenvalue weighted by Gasteiger charge is -2.38. The Labute approximate surface area is 169 Å². The Morgan fingerprint density at radius 2 is 1.71 bits per heavy atom. The summed E-state index contributed by atoms with van der Waals surface area (Å²) < 4.78 is 25.7. The number of ether oxygens (including phenoxy) is 2. The van der Waals surface area contributed by atoms with Crippen molar-refractivity contribution in [2.24, 2.45) is 17.8 Å². The van der Waals surface area contributed by atoms with Crippen LogP contribution < -0.4 is 0 Å². The number of hydrogen-bond donors (Lipinski definition) is 0. The van der Waals surface area contributed by atoms with E-state index in [9.17, 15) is 4.39 Å². The molecule has 0 bridgehead atoms. The highest BCUT2D eigenvalue weighted by Gasteiger charge is 2.32. The van der Waals surface area contributed by atoms with E-state index < -0.39 is 12.1 Å². The summed E-state index contributed by atoms with van der Waals surface area (Å²) in [6, 6.07) is 6.41. The molecule has 0 radical (unpaired) electrons. The van der Waals surface area contributed by atoms with Crippen LogP contribution >= 0.6 is 0 Å². The normalized spacial score (nSPS) is 28.0. The van der Waals surface area contributed by atoms with Crippen molar-refractivity contribution in [3.8, 4) is 6.07 Å². The molecule has 3 nitrogen and oxygen atoms in total. The highest BCUT2D eigenvalue weighted by molar-refractivity contribution is 5.33. The van der Waals surface area contributed by atoms with Gasteiger partial charge in [-0.3, -0.25) is 0 Å². The molecule has 3 rings (SSSR count). The van der Waals surface area contributed by atoms with Crippen LogP contribution in [0.25, 0.3) is 0 Å². The highest BCUT2D eigenvalue weighted by atomic mass is 19.1. The SMILES string of the molecule is CCCCCCCC1CCC([C@H]2CO[C@H](c3ccc(C#N)c(F)c3)OC2)CC1. The number of benzene rings is 1. The van der Waals surface area contributed by atoms with Gasteiger partial charge in [-0.25, -0.2) is 4.39 Å². The van der Waals surface area contributed by atoms with Crippen molar-refractivity contribution >= 4 is 0 Å². The summed E-state index contributed by atoms with van der Waals surface area (Å²) >= 11 is 0. The van der Waals surface area contributed by atoms with Crippen LogP contribution in [0.4, 0.5) is 4.39 Å². The summed E-state index contributed by atoms with van der Waals surface area (Å²) in [5.74, 6) is 1.54. The predicted octanol–water partition coefficient (Wildman–Crippen LogP) is 6.53. The van der Waals surface area contributed by atoms with Crippen LogP contribution in [0.1, 0.15) is 88.5 Å². The third-order valence-corrected chi connectivity index (χ3v) is 6.58. The molecule has 1 saturated heterocycles. The van der Waals surface area contributed by atoms with E-state index in [-0.39, 0.29) is 5.56 Å². The molecule has 1 saturated carbocycles. The molecule has 1 aliphatic carbocycles. The first-order valence-electron chi connectivity index (χ1n) is 11.1. The summed E-state index contributed by atoms with van der Waals surface area (Å²) in [5, 5.41) is 8.85.